The van der Waals surface area contributed by atoms with E-state index in [2.05, 4.69) is 17.3 Å². The highest BCUT2D eigenvalue weighted by Crippen LogP contribution is 2.45. The first-order chi connectivity index (χ1) is 8.63. The molecule has 0 bridgehead atoms. The van der Waals surface area contributed by atoms with Gasteiger partial charge in [0.2, 0.25) is 0 Å². The van der Waals surface area contributed by atoms with Crippen LogP contribution in [0, 0.1) is 11.2 Å². The van der Waals surface area contributed by atoms with Crippen LogP contribution in [0.4, 0.5) is 4.39 Å². The Kier molecular flexibility index (Phi) is 4.36. The minimum absolute atomic E-state index is 0.155. The Bertz CT molecular complexity index is 371. The molecule has 0 aromatic heterocycles. The van der Waals surface area contributed by atoms with Crippen LogP contribution in [0.5, 0.6) is 0 Å². The van der Waals surface area contributed by atoms with E-state index >= 15 is 0 Å². The van der Waals surface area contributed by atoms with Gasteiger partial charge in [0.15, 0.2) is 0 Å². The summed E-state index contributed by atoms with van der Waals surface area (Å²) in [4.78, 5) is 2.40. The SMILES string of the molecule is CNCC1(CN(C)CCc2ccc(F)cc2)CC1. The number of hydrogen-bond acceptors (Lipinski definition) is 2. The molecule has 0 radical (unpaired) electrons. The van der Waals surface area contributed by atoms with Crippen molar-refractivity contribution in [1.82, 2.24) is 10.2 Å². The predicted molar refractivity (Wildman–Crippen MR) is 73.2 cm³/mol. The van der Waals surface area contributed by atoms with Crippen molar-refractivity contribution < 1.29 is 4.39 Å². The first kappa shape index (κ1) is 13.5. The third-order valence-corrected chi connectivity index (χ3v) is 3.81. The fourth-order valence-electron chi connectivity index (χ4n) is 2.57. The van der Waals surface area contributed by atoms with Gasteiger partial charge in [-0.25, -0.2) is 4.39 Å². The first-order valence-corrected chi connectivity index (χ1v) is 6.71. The highest BCUT2D eigenvalue weighted by molar-refractivity contribution is 5.16. The molecule has 0 spiro atoms. The standard InChI is InChI=1S/C15H23FN2/c1-17-11-15(8-9-15)12-18(2)10-7-13-3-5-14(16)6-4-13/h3-6,17H,7-12H2,1-2H3. The van der Waals surface area contributed by atoms with Crippen molar-refractivity contribution in [2.45, 2.75) is 19.3 Å². The van der Waals surface area contributed by atoms with Gasteiger partial charge in [0, 0.05) is 19.6 Å². The zero-order chi connectivity index (χ0) is 13.0. The summed E-state index contributed by atoms with van der Waals surface area (Å²) in [5.41, 5.74) is 1.73. The van der Waals surface area contributed by atoms with E-state index in [1.54, 1.807) is 12.1 Å². The molecule has 2 rings (SSSR count). The molecule has 1 N–H and O–H groups in total. The number of likely N-dealkylation sites (N-methyl/N-ethyl adjacent to an activating group) is 1. The molecule has 0 saturated heterocycles. The van der Waals surface area contributed by atoms with E-state index in [0.29, 0.717) is 5.41 Å². The number of hydrogen-bond donors (Lipinski definition) is 1. The van der Waals surface area contributed by atoms with E-state index in [0.717, 1.165) is 26.1 Å². The summed E-state index contributed by atoms with van der Waals surface area (Å²) >= 11 is 0. The lowest BCUT2D eigenvalue weighted by atomic mass is 10.1. The Morgan fingerprint density at radius 1 is 1.28 bits per heavy atom. The van der Waals surface area contributed by atoms with Gasteiger partial charge in [-0.1, -0.05) is 12.1 Å². The summed E-state index contributed by atoms with van der Waals surface area (Å²) in [6.45, 7) is 3.32. The maximum atomic E-state index is 12.8. The van der Waals surface area contributed by atoms with E-state index in [-0.39, 0.29) is 5.82 Å². The van der Waals surface area contributed by atoms with E-state index in [1.165, 1.54) is 18.4 Å². The van der Waals surface area contributed by atoms with Crippen LogP contribution in [0.3, 0.4) is 0 Å². The summed E-state index contributed by atoms with van der Waals surface area (Å²) < 4.78 is 12.8. The molecular weight excluding hydrogens is 227 g/mol. The third-order valence-electron chi connectivity index (χ3n) is 3.81. The Labute approximate surface area is 109 Å². The van der Waals surface area contributed by atoms with Gasteiger partial charge in [-0.05, 0) is 56.5 Å². The van der Waals surface area contributed by atoms with E-state index < -0.39 is 0 Å². The molecule has 18 heavy (non-hydrogen) atoms. The number of nitrogens with one attached hydrogen (secondary N) is 1. The maximum absolute atomic E-state index is 12.8. The molecule has 1 aliphatic carbocycles. The zero-order valence-electron chi connectivity index (χ0n) is 11.4. The molecule has 0 heterocycles. The maximum Gasteiger partial charge on any atom is 0.123 e. The molecule has 0 atom stereocenters. The van der Waals surface area contributed by atoms with Gasteiger partial charge in [-0.2, -0.15) is 0 Å². The largest absolute Gasteiger partial charge is 0.319 e. The molecule has 1 saturated carbocycles. The molecule has 3 heteroatoms. The van der Waals surface area contributed by atoms with Crippen LogP contribution < -0.4 is 5.32 Å². The molecule has 1 aromatic carbocycles. The lowest BCUT2D eigenvalue weighted by Crippen LogP contribution is -2.33. The lowest BCUT2D eigenvalue weighted by molar-refractivity contribution is 0.262. The van der Waals surface area contributed by atoms with Crippen molar-refractivity contribution in [3.05, 3.63) is 35.6 Å². The average Bonchev–Trinajstić information content (AvgIpc) is 3.08. The van der Waals surface area contributed by atoms with E-state index in [9.17, 15) is 4.39 Å². The predicted octanol–water partition coefficient (Wildman–Crippen LogP) is 2.30. The molecule has 0 unspecified atom stereocenters. The van der Waals surface area contributed by atoms with Crippen LogP contribution in [0.25, 0.3) is 0 Å². The van der Waals surface area contributed by atoms with Gasteiger partial charge >= 0.3 is 0 Å². The van der Waals surface area contributed by atoms with Gasteiger partial charge in [0.25, 0.3) is 0 Å². The first-order valence-electron chi connectivity index (χ1n) is 6.71. The van der Waals surface area contributed by atoms with E-state index in [4.69, 9.17) is 0 Å². The lowest BCUT2D eigenvalue weighted by Gasteiger charge is -2.23. The van der Waals surface area contributed by atoms with Crippen LogP contribution in [0.15, 0.2) is 24.3 Å². The fourth-order valence-corrected chi connectivity index (χ4v) is 2.57. The van der Waals surface area contributed by atoms with Crippen LogP contribution in [-0.4, -0.2) is 38.6 Å². The van der Waals surface area contributed by atoms with Crippen molar-refractivity contribution in [3.8, 4) is 0 Å². The Morgan fingerprint density at radius 2 is 1.94 bits per heavy atom. The van der Waals surface area contributed by atoms with Crippen molar-refractivity contribution >= 4 is 0 Å². The fraction of sp³-hybridized carbons (Fsp3) is 0.600. The minimum Gasteiger partial charge on any atom is -0.319 e. The quantitative estimate of drug-likeness (QED) is 0.799. The summed E-state index contributed by atoms with van der Waals surface area (Å²) in [7, 11) is 4.21. The van der Waals surface area contributed by atoms with Crippen LogP contribution >= 0.6 is 0 Å². The number of rotatable bonds is 7. The number of nitrogens with zero attached hydrogens (tertiary/aromatic N) is 1. The van der Waals surface area contributed by atoms with Crippen LogP contribution in [0.2, 0.25) is 0 Å². The third kappa shape index (κ3) is 3.79. The Hall–Kier alpha value is -0.930. The molecule has 2 nitrogen and oxygen atoms in total. The van der Waals surface area contributed by atoms with Crippen molar-refractivity contribution in [2.75, 3.05) is 33.7 Å². The minimum atomic E-state index is -0.155. The van der Waals surface area contributed by atoms with Crippen LogP contribution in [0.1, 0.15) is 18.4 Å². The second-order valence-electron chi connectivity index (χ2n) is 5.64. The topological polar surface area (TPSA) is 15.3 Å². The average molecular weight is 250 g/mol. The van der Waals surface area contributed by atoms with Gasteiger partial charge < -0.3 is 10.2 Å². The number of halogens is 1. The van der Waals surface area contributed by atoms with Gasteiger partial charge in [-0.15, -0.1) is 0 Å². The molecule has 1 aromatic rings. The number of benzene rings is 1. The monoisotopic (exact) mass is 250 g/mol. The molecule has 100 valence electrons. The smallest absolute Gasteiger partial charge is 0.123 e. The highest BCUT2D eigenvalue weighted by Gasteiger charge is 2.42. The van der Waals surface area contributed by atoms with Gasteiger partial charge in [0.1, 0.15) is 5.82 Å². The van der Waals surface area contributed by atoms with Crippen molar-refractivity contribution in [2.24, 2.45) is 5.41 Å². The highest BCUT2D eigenvalue weighted by atomic mass is 19.1. The molecular formula is C15H23FN2. The van der Waals surface area contributed by atoms with Crippen molar-refractivity contribution in [3.63, 3.8) is 0 Å². The van der Waals surface area contributed by atoms with Gasteiger partial charge in [-0.3, -0.25) is 0 Å². The molecule has 1 aliphatic rings. The van der Waals surface area contributed by atoms with Crippen LogP contribution in [-0.2, 0) is 6.42 Å². The molecule has 0 aliphatic heterocycles. The summed E-state index contributed by atoms with van der Waals surface area (Å²) in [5, 5.41) is 3.29. The Morgan fingerprint density at radius 3 is 2.50 bits per heavy atom. The summed E-state index contributed by atoms with van der Waals surface area (Å²) in [6, 6.07) is 6.84. The second kappa shape index (κ2) is 5.81. The van der Waals surface area contributed by atoms with E-state index in [1.807, 2.05) is 19.2 Å². The zero-order valence-corrected chi connectivity index (χ0v) is 11.4. The second-order valence-corrected chi connectivity index (χ2v) is 5.64. The normalized spacial score (nSPS) is 17.1. The summed E-state index contributed by atoms with van der Waals surface area (Å²) in [6.07, 6.45) is 3.68. The van der Waals surface area contributed by atoms with Crippen molar-refractivity contribution in [1.29, 1.82) is 0 Å². The van der Waals surface area contributed by atoms with Gasteiger partial charge in [0.05, 0.1) is 0 Å². The molecule has 1 fully saturated rings. The summed E-state index contributed by atoms with van der Waals surface area (Å²) in [5.74, 6) is -0.155. The molecule has 0 amide bonds. The Balaban J connectivity index is 1.75.